The average Bonchev–Trinajstić information content (AvgIpc) is 3.06. The van der Waals surface area contributed by atoms with Gasteiger partial charge in [0, 0.05) is 13.1 Å². The lowest BCUT2D eigenvalue weighted by atomic mass is 10.0. The molecule has 1 saturated heterocycles. The van der Waals surface area contributed by atoms with E-state index >= 15 is 0 Å². The Hall–Kier alpha value is -1.91. The van der Waals surface area contributed by atoms with Gasteiger partial charge in [0.2, 0.25) is 5.91 Å². The molecule has 4 heteroatoms. The summed E-state index contributed by atoms with van der Waals surface area (Å²) in [4.78, 5) is 11.9. The number of aliphatic hydroxyl groups excluding tert-OH is 1. The zero-order valence-electron chi connectivity index (χ0n) is 11.9. The number of hydrogen-bond donors (Lipinski definition) is 3. The van der Waals surface area contributed by atoms with Crippen molar-refractivity contribution >= 4 is 16.7 Å². The van der Waals surface area contributed by atoms with E-state index in [1.165, 1.54) is 0 Å². The van der Waals surface area contributed by atoms with Gasteiger partial charge >= 0.3 is 0 Å². The lowest BCUT2D eigenvalue weighted by Gasteiger charge is -2.15. The van der Waals surface area contributed by atoms with Crippen molar-refractivity contribution in [2.45, 2.75) is 12.5 Å². The molecule has 4 nitrogen and oxygen atoms in total. The molecule has 2 atom stereocenters. The summed E-state index contributed by atoms with van der Waals surface area (Å²) in [5, 5.41) is 18.5. The van der Waals surface area contributed by atoms with E-state index in [0.29, 0.717) is 0 Å². The second-order valence-corrected chi connectivity index (χ2v) is 5.56. The van der Waals surface area contributed by atoms with Crippen LogP contribution in [-0.2, 0) is 4.79 Å². The third-order valence-electron chi connectivity index (χ3n) is 4.06. The van der Waals surface area contributed by atoms with Crippen LogP contribution in [0.5, 0.6) is 0 Å². The molecule has 1 heterocycles. The molecule has 0 aromatic heterocycles. The molecule has 110 valence electrons. The number of nitrogens with one attached hydrogen (secondary N) is 2. The quantitative estimate of drug-likeness (QED) is 0.799. The molecule has 3 N–H and O–H groups in total. The first kappa shape index (κ1) is 14.0. The van der Waals surface area contributed by atoms with E-state index in [0.717, 1.165) is 35.8 Å². The van der Waals surface area contributed by atoms with Crippen molar-refractivity contribution in [3.63, 3.8) is 0 Å². The fourth-order valence-corrected chi connectivity index (χ4v) is 2.75. The Labute approximate surface area is 124 Å². The number of hydrogen-bond acceptors (Lipinski definition) is 3. The van der Waals surface area contributed by atoms with Crippen LogP contribution in [0.15, 0.2) is 42.5 Å². The second-order valence-electron chi connectivity index (χ2n) is 5.56. The molecule has 0 radical (unpaired) electrons. The van der Waals surface area contributed by atoms with E-state index in [9.17, 15) is 9.90 Å². The van der Waals surface area contributed by atoms with Crippen molar-refractivity contribution in [1.82, 2.24) is 10.6 Å². The van der Waals surface area contributed by atoms with E-state index in [4.69, 9.17) is 0 Å². The van der Waals surface area contributed by atoms with Crippen LogP contribution in [0.3, 0.4) is 0 Å². The molecule has 2 aromatic carbocycles. The number of fused-ring (bicyclic) bond motifs is 1. The van der Waals surface area contributed by atoms with Gasteiger partial charge in [-0.05, 0) is 35.4 Å². The first-order valence-corrected chi connectivity index (χ1v) is 7.39. The van der Waals surface area contributed by atoms with Crippen molar-refractivity contribution in [2.75, 3.05) is 19.6 Å². The average molecular weight is 284 g/mol. The molecule has 0 spiro atoms. The summed E-state index contributed by atoms with van der Waals surface area (Å²) in [5.74, 6) is 0.0636. The molecule has 0 aliphatic carbocycles. The van der Waals surface area contributed by atoms with Crippen LogP contribution in [0.4, 0.5) is 0 Å². The number of carbonyl (C=O) groups is 1. The van der Waals surface area contributed by atoms with Crippen LogP contribution in [0.25, 0.3) is 10.8 Å². The normalized spacial score (nSPS) is 19.6. The van der Waals surface area contributed by atoms with Crippen LogP contribution in [-0.4, -0.2) is 30.6 Å². The summed E-state index contributed by atoms with van der Waals surface area (Å²) >= 11 is 0. The smallest absolute Gasteiger partial charge is 0.224 e. The Balaban J connectivity index is 1.63. The fraction of sp³-hybridized carbons (Fsp3) is 0.353. The number of carbonyl (C=O) groups excluding carboxylic acids is 1. The van der Waals surface area contributed by atoms with E-state index in [1.54, 1.807) is 0 Å². The zero-order valence-corrected chi connectivity index (χ0v) is 11.9. The molecule has 1 fully saturated rings. The maximum Gasteiger partial charge on any atom is 0.224 e. The van der Waals surface area contributed by atoms with Gasteiger partial charge in [-0.25, -0.2) is 0 Å². The van der Waals surface area contributed by atoms with E-state index in [-0.39, 0.29) is 18.4 Å². The van der Waals surface area contributed by atoms with Gasteiger partial charge < -0.3 is 15.7 Å². The fourth-order valence-electron chi connectivity index (χ4n) is 2.75. The second kappa shape index (κ2) is 6.24. The highest BCUT2D eigenvalue weighted by Gasteiger charge is 2.22. The van der Waals surface area contributed by atoms with Gasteiger partial charge in [0.05, 0.1) is 12.0 Å². The molecule has 2 unspecified atom stereocenters. The van der Waals surface area contributed by atoms with Gasteiger partial charge in [-0.2, -0.15) is 0 Å². The number of benzene rings is 2. The molecule has 1 aliphatic heterocycles. The van der Waals surface area contributed by atoms with Crippen LogP contribution in [0, 0.1) is 5.92 Å². The van der Waals surface area contributed by atoms with Crippen molar-refractivity contribution in [3.05, 3.63) is 48.0 Å². The van der Waals surface area contributed by atoms with Crippen LogP contribution in [0.2, 0.25) is 0 Å². The Morgan fingerprint density at radius 2 is 2.10 bits per heavy atom. The van der Waals surface area contributed by atoms with Crippen LogP contribution < -0.4 is 10.6 Å². The minimum atomic E-state index is -0.673. The lowest BCUT2D eigenvalue weighted by Crippen LogP contribution is -2.34. The summed E-state index contributed by atoms with van der Waals surface area (Å²) in [6, 6.07) is 13.9. The van der Waals surface area contributed by atoms with E-state index in [2.05, 4.69) is 10.6 Å². The Kier molecular flexibility index (Phi) is 4.18. The third-order valence-corrected chi connectivity index (χ3v) is 4.06. The Morgan fingerprint density at radius 1 is 1.29 bits per heavy atom. The van der Waals surface area contributed by atoms with Gasteiger partial charge in [0.25, 0.3) is 0 Å². The van der Waals surface area contributed by atoms with Gasteiger partial charge in [0.15, 0.2) is 0 Å². The Bertz CT molecular complexity index is 635. The summed E-state index contributed by atoms with van der Waals surface area (Å²) in [7, 11) is 0. The number of aliphatic hydroxyl groups is 1. The maximum absolute atomic E-state index is 11.9. The molecule has 0 saturated carbocycles. The lowest BCUT2D eigenvalue weighted by molar-refractivity contribution is -0.124. The minimum Gasteiger partial charge on any atom is -0.387 e. The van der Waals surface area contributed by atoms with Crippen molar-refractivity contribution in [1.29, 1.82) is 0 Å². The topological polar surface area (TPSA) is 61.4 Å². The monoisotopic (exact) mass is 284 g/mol. The van der Waals surface area contributed by atoms with Crippen LogP contribution >= 0.6 is 0 Å². The van der Waals surface area contributed by atoms with Crippen molar-refractivity contribution in [2.24, 2.45) is 5.92 Å². The maximum atomic E-state index is 11.9. The highest BCUT2D eigenvalue weighted by atomic mass is 16.3. The molecular weight excluding hydrogens is 264 g/mol. The zero-order chi connectivity index (χ0) is 14.7. The summed E-state index contributed by atoms with van der Waals surface area (Å²) in [6.07, 6.45) is 0.200. The Morgan fingerprint density at radius 3 is 2.86 bits per heavy atom. The van der Waals surface area contributed by atoms with Crippen molar-refractivity contribution < 1.29 is 9.90 Å². The molecule has 1 amide bonds. The highest BCUT2D eigenvalue weighted by molar-refractivity contribution is 5.83. The SMILES string of the molecule is O=C(NCC(O)c1ccc2ccccc2c1)C1CCNC1. The predicted molar refractivity (Wildman–Crippen MR) is 82.9 cm³/mol. The molecule has 21 heavy (non-hydrogen) atoms. The summed E-state index contributed by atoms with van der Waals surface area (Å²) < 4.78 is 0. The van der Waals surface area contributed by atoms with Gasteiger partial charge in [-0.15, -0.1) is 0 Å². The molecule has 2 aromatic rings. The molecule has 1 aliphatic rings. The largest absolute Gasteiger partial charge is 0.387 e. The molecular formula is C17H20N2O2. The third kappa shape index (κ3) is 3.23. The van der Waals surface area contributed by atoms with E-state index < -0.39 is 6.10 Å². The van der Waals surface area contributed by atoms with Crippen LogP contribution in [0.1, 0.15) is 18.1 Å². The minimum absolute atomic E-state index is 0.0276. The van der Waals surface area contributed by atoms with Gasteiger partial charge in [0.1, 0.15) is 0 Å². The highest BCUT2D eigenvalue weighted by Crippen LogP contribution is 2.20. The summed E-state index contributed by atoms with van der Waals surface area (Å²) in [5.41, 5.74) is 0.832. The number of amides is 1. The standard InChI is InChI=1S/C17H20N2O2/c20-16(11-19-17(21)15-7-8-18-10-15)14-6-5-12-3-1-2-4-13(12)9-14/h1-6,9,15-16,18,20H,7-8,10-11H2,(H,19,21). The van der Waals surface area contributed by atoms with Gasteiger partial charge in [-0.1, -0.05) is 36.4 Å². The first-order valence-electron chi connectivity index (χ1n) is 7.39. The molecule has 3 rings (SSSR count). The van der Waals surface area contributed by atoms with Gasteiger partial charge in [-0.3, -0.25) is 4.79 Å². The molecule has 0 bridgehead atoms. The number of rotatable bonds is 4. The predicted octanol–water partition coefficient (Wildman–Crippen LogP) is 1.60. The first-order chi connectivity index (χ1) is 10.2. The summed E-state index contributed by atoms with van der Waals surface area (Å²) in [6.45, 7) is 1.89. The van der Waals surface area contributed by atoms with E-state index in [1.807, 2.05) is 42.5 Å². The van der Waals surface area contributed by atoms with Crippen molar-refractivity contribution in [3.8, 4) is 0 Å².